The van der Waals surface area contributed by atoms with Gasteiger partial charge in [-0.15, -0.1) is 6.58 Å². The largest absolute Gasteiger partial charge is 0.453 e. The minimum atomic E-state index is -0.224. The maximum absolute atomic E-state index is 11.1. The van der Waals surface area contributed by atoms with Crippen molar-refractivity contribution in [2.45, 2.75) is 0 Å². The summed E-state index contributed by atoms with van der Waals surface area (Å²) in [6.07, 6.45) is 1.66. The highest BCUT2D eigenvalue weighted by Crippen LogP contribution is 2.02. The first-order valence-corrected chi connectivity index (χ1v) is 4.44. The van der Waals surface area contributed by atoms with Gasteiger partial charge in [0.1, 0.15) is 0 Å². The molecular formula is C9H16N2O2. The van der Waals surface area contributed by atoms with Crippen molar-refractivity contribution < 1.29 is 9.53 Å². The summed E-state index contributed by atoms with van der Waals surface area (Å²) in [6, 6.07) is 0. The first kappa shape index (κ1) is 10.1. The molecule has 1 aliphatic rings. The van der Waals surface area contributed by atoms with Gasteiger partial charge in [0.2, 0.25) is 0 Å². The third kappa shape index (κ3) is 2.73. The minimum Gasteiger partial charge on any atom is -0.453 e. The number of carbonyl (C=O) groups excluding carboxylic acids is 1. The van der Waals surface area contributed by atoms with E-state index in [1.165, 1.54) is 7.11 Å². The highest BCUT2D eigenvalue weighted by atomic mass is 16.5. The van der Waals surface area contributed by atoms with E-state index in [-0.39, 0.29) is 6.09 Å². The van der Waals surface area contributed by atoms with Gasteiger partial charge in [-0.1, -0.05) is 6.08 Å². The molecule has 1 heterocycles. The molecule has 4 heteroatoms. The fraction of sp³-hybridized carbons (Fsp3) is 0.667. The molecule has 74 valence electrons. The summed E-state index contributed by atoms with van der Waals surface area (Å²) in [6.45, 7) is 7.88. The Balaban J connectivity index is 2.30. The first-order chi connectivity index (χ1) is 6.27. The van der Waals surface area contributed by atoms with Crippen LogP contribution < -0.4 is 0 Å². The predicted molar refractivity (Wildman–Crippen MR) is 50.6 cm³/mol. The topological polar surface area (TPSA) is 32.8 Å². The van der Waals surface area contributed by atoms with Crippen LogP contribution in [-0.4, -0.2) is 55.7 Å². The molecule has 1 saturated heterocycles. The number of hydrogen-bond acceptors (Lipinski definition) is 3. The molecule has 0 N–H and O–H groups in total. The summed E-state index contributed by atoms with van der Waals surface area (Å²) in [7, 11) is 1.42. The average molecular weight is 184 g/mol. The van der Waals surface area contributed by atoms with Crippen molar-refractivity contribution in [3.05, 3.63) is 12.7 Å². The van der Waals surface area contributed by atoms with Gasteiger partial charge in [0.25, 0.3) is 0 Å². The molecule has 0 aromatic carbocycles. The number of hydrogen-bond donors (Lipinski definition) is 0. The van der Waals surface area contributed by atoms with Gasteiger partial charge in [-0.3, -0.25) is 4.90 Å². The van der Waals surface area contributed by atoms with Crippen LogP contribution in [0.2, 0.25) is 0 Å². The Morgan fingerprint density at radius 2 is 2.08 bits per heavy atom. The van der Waals surface area contributed by atoms with Crippen LogP contribution in [0.3, 0.4) is 0 Å². The second-order valence-corrected chi connectivity index (χ2v) is 3.05. The van der Waals surface area contributed by atoms with Crippen LogP contribution in [0.25, 0.3) is 0 Å². The van der Waals surface area contributed by atoms with Crippen LogP contribution in [0.4, 0.5) is 4.79 Å². The fourth-order valence-corrected chi connectivity index (χ4v) is 1.42. The lowest BCUT2D eigenvalue weighted by molar-refractivity contribution is 0.0946. The third-order valence-electron chi connectivity index (χ3n) is 2.19. The lowest BCUT2D eigenvalue weighted by Gasteiger charge is -2.32. The highest BCUT2D eigenvalue weighted by molar-refractivity contribution is 5.67. The molecule has 13 heavy (non-hydrogen) atoms. The highest BCUT2D eigenvalue weighted by Gasteiger charge is 2.20. The summed E-state index contributed by atoms with van der Waals surface area (Å²) < 4.78 is 4.63. The van der Waals surface area contributed by atoms with Gasteiger partial charge in [-0.05, 0) is 0 Å². The molecule has 0 aliphatic carbocycles. The molecule has 0 bridgehead atoms. The molecule has 0 aromatic rings. The summed E-state index contributed by atoms with van der Waals surface area (Å²) in [4.78, 5) is 15.1. The molecule has 1 fully saturated rings. The Morgan fingerprint density at radius 1 is 1.46 bits per heavy atom. The van der Waals surface area contributed by atoms with Crippen LogP contribution in [0.5, 0.6) is 0 Å². The molecule has 1 aliphatic heterocycles. The summed E-state index contributed by atoms with van der Waals surface area (Å²) >= 11 is 0. The lowest BCUT2D eigenvalue weighted by atomic mass is 10.3. The fourth-order valence-electron chi connectivity index (χ4n) is 1.42. The van der Waals surface area contributed by atoms with Gasteiger partial charge in [0.05, 0.1) is 7.11 Å². The smallest absolute Gasteiger partial charge is 0.409 e. The van der Waals surface area contributed by atoms with Crippen molar-refractivity contribution in [1.29, 1.82) is 0 Å². The Labute approximate surface area is 78.8 Å². The SMILES string of the molecule is C=CCN1CCN(C(=O)OC)CC1. The summed E-state index contributed by atoms with van der Waals surface area (Å²) in [5.74, 6) is 0. The van der Waals surface area contributed by atoms with E-state index in [4.69, 9.17) is 0 Å². The third-order valence-corrected chi connectivity index (χ3v) is 2.19. The number of piperazine rings is 1. The number of rotatable bonds is 2. The van der Waals surface area contributed by atoms with Crippen LogP contribution in [-0.2, 0) is 4.74 Å². The standard InChI is InChI=1S/C9H16N2O2/c1-3-4-10-5-7-11(8-6-10)9(12)13-2/h3H,1,4-8H2,2H3. The van der Waals surface area contributed by atoms with Gasteiger partial charge >= 0.3 is 6.09 Å². The molecule has 0 atom stereocenters. The van der Waals surface area contributed by atoms with Gasteiger partial charge < -0.3 is 9.64 Å². The Bertz CT molecular complexity index is 186. The minimum absolute atomic E-state index is 0.224. The predicted octanol–water partition coefficient (Wildman–Crippen LogP) is 0.556. The van der Waals surface area contributed by atoms with Gasteiger partial charge in [-0.25, -0.2) is 4.79 Å². The van der Waals surface area contributed by atoms with Crippen LogP contribution in [0.15, 0.2) is 12.7 Å². The van der Waals surface area contributed by atoms with E-state index >= 15 is 0 Å². The van der Waals surface area contributed by atoms with Crippen LogP contribution in [0.1, 0.15) is 0 Å². The Hall–Kier alpha value is -1.03. The quantitative estimate of drug-likeness (QED) is 0.588. The molecule has 0 aromatic heterocycles. The van der Waals surface area contributed by atoms with E-state index < -0.39 is 0 Å². The number of amides is 1. The molecule has 4 nitrogen and oxygen atoms in total. The maximum Gasteiger partial charge on any atom is 0.409 e. The van der Waals surface area contributed by atoms with Crippen molar-refractivity contribution in [1.82, 2.24) is 9.80 Å². The van der Waals surface area contributed by atoms with Crippen molar-refractivity contribution in [3.63, 3.8) is 0 Å². The normalized spacial score (nSPS) is 18.4. The molecular weight excluding hydrogens is 168 g/mol. The van der Waals surface area contributed by atoms with Gasteiger partial charge in [-0.2, -0.15) is 0 Å². The number of ether oxygens (including phenoxy) is 1. The van der Waals surface area contributed by atoms with E-state index in [0.29, 0.717) is 0 Å². The van der Waals surface area contributed by atoms with Crippen molar-refractivity contribution in [2.24, 2.45) is 0 Å². The summed E-state index contributed by atoms with van der Waals surface area (Å²) in [5.41, 5.74) is 0. The average Bonchev–Trinajstić information content (AvgIpc) is 2.18. The molecule has 0 unspecified atom stereocenters. The van der Waals surface area contributed by atoms with E-state index in [2.05, 4.69) is 16.2 Å². The van der Waals surface area contributed by atoms with Gasteiger partial charge in [0.15, 0.2) is 0 Å². The molecule has 0 saturated carbocycles. The lowest BCUT2D eigenvalue weighted by Crippen LogP contribution is -2.48. The van der Waals surface area contributed by atoms with E-state index in [0.717, 1.165) is 32.7 Å². The van der Waals surface area contributed by atoms with E-state index in [9.17, 15) is 4.79 Å². The molecule has 1 amide bonds. The van der Waals surface area contributed by atoms with Gasteiger partial charge in [0, 0.05) is 32.7 Å². The Kier molecular flexibility index (Phi) is 3.76. The van der Waals surface area contributed by atoms with Crippen LogP contribution >= 0.6 is 0 Å². The van der Waals surface area contributed by atoms with Crippen molar-refractivity contribution >= 4 is 6.09 Å². The van der Waals surface area contributed by atoms with E-state index in [1.54, 1.807) is 4.90 Å². The Morgan fingerprint density at radius 3 is 2.54 bits per heavy atom. The summed E-state index contributed by atoms with van der Waals surface area (Å²) in [5, 5.41) is 0. The maximum atomic E-state index is 11.1. The van der Waals surface area contributed by atoms with Crippen molar-refractivity contribution in [2.75, 3.05) is 39.8 Å². The molecule has 0 spiro atoms. The second kappa shape index (κ2) is 4.87. The zero-order valence-corrected chi connectivity index (χ0v) is 8.03. The number of carbonyl (C=O) groups is 1. The monoisotopic (exact) mass is 184 g/mol. The second-order valence-electron chi connectivity index (χ2n) is 3.05. The van der Waals surface area contributed by atoms with E-state index in [1.807, 2.05) is 6.08 Å². The zero-order chi connectivity index (χ0) is 9.68. The van der Waals surface area contributed by atoms with Crippen molar-refractivity contribution in [3.8, 4) is 0 Å². The number of nitrogens with zero attached hydrogens (tertiary/aromatic N) is 2. The number of methoxy groups -OCH3 is 1. The molecule has 0 radical (unpaired) electrons. The molecule has 1 rings (SSSR count). The first-order valence-electron chi connectivity index (χ1n) is 4.44. The van der Waals surface area contributed by atoms with Crippen LogP contribution in [0, 0.1) is 0 Å². The zero-order valence-electron chi connectivity index (χ0n) is 8.03.